The van der Waals surface area contributed by atoms with E-state index in [0.717, 1.165) is 18.4 Å². The molecule has 2 N–H and O–H groups in total. The first kappa shape index (κ1) is 15.5. The van der Waals surface area contributed by atoms with Crippen molar-refractivity contribution in [2.75, 3.05) is 6.54 Å². The number of amides is 1. The van der Waals surface area contributed by atoms with Crippen LogP contribution >= 0.6 is 0 Å². The number of hydrogen-bond acceptors (Lipinski definition) is 2. The average molecular weight is 263 g/mol. The zero-order valence-electron chi connectivity index (χ0n) is 12.2. The number of carbonyl (C=O) groups excluding carboxylic acids is 1. The second-order valence-corrected chi connectivity index (χ2v) is 5.13. The van der Waals surface area contributed by atoms with E-state index in [4.69, 9.17) is 0 Å². The van der Waals surface area contributed by atoms with Gasteiger partial charge in [-0.1, -0.05) is 39.2 Å². The molecule has 1 rings (SSSR count). The Bertz CT molecular complexity index is 415. The number of benzene rings is 1. The summed E-state index contributed by atoms with van der Waals surface area (Å²) in [6.07, 6.45) is 4.64. The van der Waals surface area contributed by atoms with Gasteiger partial charge in [-0.25, -0.2) is 0 Å². The van der Waals surface area contributed by atoms with E-state index in [9.17, 15) is 9.90 Å². The zero-order valence-corrected chi connectivity index (χ0v) is 12.2. The Morgan fingerprint density at radius 2 is 2.11 bits per heavy atom. The molecular formula is C16H25NO2. The molecule has 1 amide bonds. The van der Waals surface area contributed by atoms with E-state index in [1.165, 1.54) is 18.9 Å². The van der Waals surface area contributed by atoms with Gasteiger partial charge < -0.3 is 10.4 Å². The molecule has 0 spiro atoms. The first-order chi connectivity index (χ1) is 9.08. The summed E-state index contributed by atoms with van der Waals surface area (Å²) in [5.41, 5.74) is 1.30. The number of hydrogen-bond donors (Lipinski definition) is 2. The van der Waals surface area contributed by atoms with Crippen molar-refractivity contribution < 1.29 is 9.90 Å². The maximum Gasteiger partial charge on any atom is 0.251 e. The molecule has 0 aliphatic carbocycles. The number of aryl methyl sites for hydroxylation is 1. The Hall–Kier alpha value is -1.51. The lowest BCUT2D eigenvalue weighted by Crippen LogP contribution is -2.29. The van der Waals surface area contributed by atoms with Gasteiger partial charge in [0.2, 0.25) is 0 Å². The maximum absolute atomic E-state index is 12.0. The van der Waals surface area contributed by atoms with Gasteiger partial charge in [0.05, 0.1) is 0 Å². The van der Waals surface area contributed by atoms with E-state index in [1.54, 1.807) is 12.1 Å². The van der Waals surface area contributed by atoms with Crippen LogP contribution in [-0.4, -0.2) is 17.6 Å². The van der Waals surface area contributed by atoms with Crippen molar-refractivity contribution in [1.29, 1.82) is 0 Å². The van der Waals surface area contributed by atoms with Gasteiger partial charge in [-0.2, -0.15) is 0 Å². The molecule has 0 aromatic heterocycles. The van der Waals surface area contributed by atoms with Crippen LogP contribution in [0.25, 0.3) is 0 Å². The molecule has 3 heteroatoms. The molecule has 0 fully saturated rings. The van der Waals surface area contributed by atoms with Crippen LogP contribution < -0.4 is 5.32 Å². The minimum Gasteiger partial charge on any atom is -0.508 e. The van der Waals surface area contributed by atoms with Gasteiger partial charge >= 0.3 is 0 Å². The van der Waals surface area contributed by atoms with Crippen LogP contribution in [0.15, 0.2) is 18.2 Å². The number of phenols is 1. The summed E-state index contributed by atoms with van der Waals surface area (Å²) in [4.78, 5) is 12.0. The molecule has 0 saturated heterocycles. The first-order valence-electron chi connectivity index (χ1n) is 7.16. The maximum atomic E-state index is 12.0. The zero-order chi connectivity index (χ0) is 14.3. The number of phenolic OH excluding ortho intramolecular Hbond substituents is 1. The number of carbonyl (C=O) groups is 1. The molecule has 1 atom stereocenters. The van der Waals surface area contributed by atoms with Crippen LogP contribution in [0.4, 0.5) is 0 Å². The standard InChI is InChI=1S/C16H25NO2/c1-4-6-7-13(5-2)11-17-16(19)14-9-8-12(3)15(18)10-14/h8-10,13,18H,4-7,11H2,1-3H3,(H,17,19). The second-order valence-electron chi connectivity index (χ2n) is 5.13. The van der Waals surface area contributed by atoms with E-state index < -0.39 is 0 Å². The molecule has 0 radical (unpaired) electrons. The fourth-order valence-electron chi connectivity index (χ4n) is 2.03. The van der Waals surface area contributed by atoms with Crippen LogP contribution in [0.3, 0.4) is 0 Å². The Labute approximate surface area is 116 Å². The Morgan fingerprint density at radius 3 is 2.68 bits per heavy atom. The molecule has 1 aromatic rings. The lowest BCUT2D eigenvalue weighted by atomic mass is 9.99. The summed E-state index contributed by atoms with van der Waals surface area (Å²) < 4.78 is 0. The van der Waals surface area contributed by atoms with Gasteiger partial charge in [0.15, 0.2) is 0 Å². The fraction of sp³-hybridized carbons (Fsp3) is 0.562. The van der Waals surface area contributed by atoms with Gasteiger partial charge in [-0.3, -0.25) is 4.79 Å². The largest absolute Gasteiger partial charge is 0.508 e. The van der Waals surface area contributed by atoms with Crippen LogP contribution in [0.5, 0.6) is 5.75 Å². The fourth-order valence-corrected chi connectivity index (χ4v) is 2.03. The van der Waals surface area contributed by atoms with Crippen molar-refractivity contribution in [3.05, 3.63) is 29.3 Å². The summed E-state index contributed by atoms with van der Waals surface area (Å²) in [7, 11) is 0. The van der Waals surface area contributed by atoms with Crippen molar-refractivity contribution in [3.63, 3.8) is 0 Å². The third kappa shape index (κ3) is 4.93. The normalized spacial score (nSPS) is 12.2. The molecule has 0 bridgehead atoms. The lowest BCUT2D eigenvalue weighted by Gasteiger charge is -2.15. The van der Waals surface area contributed by atoms with Gasteiger partial charge in [0, 0.05) is 12.1 Å². The van der Waals surface area contributed by atoms with Gasteiger partial charge in [0.25, 0.3) is 5.91 Å². The molecule has 19 heavy (non-hydrogen) atoms. The second kappa shape index (κ2) is 7.82. The average Bonchev–Trinajstić information content (AvgIpc) is 2.41. The number of rotatable bonds is 7. The smallest absolute Gasteiger partial charge is 0.251 e. The van der Waals surface area contributed by atoms with Gasteiger partial charge in [-0.05, 0) is 37.0 Å². The lowest BCUT2D eigenvalue weighted by molar-refractivity contribution is 0.0945. The third-order valence-electron chi connectivity index (χ3n) is 3.57. The van der Waals surface area contributed by atoms with E-state index in [0.29, 0.717) is 18.0 Å². The summed E-state index contributed by atoms with van der Waals surface area (Å²) in [5, 5.41) is 12.6. The van der Waals surface area contributed by atoms with Crippen LogP contribution in [-0.2, 0) is 0 Å². The van der Waals surface area contributed by atoms with E-state index in [2.05, 4.69) is 19.2 Å². The Morgan fingerprint density at radius 1 is 1.37 bits per heavy atom. The first-order valence-corrected chi connectivity index (χ1v) is 7.16. The van der Waals surface area contributed by atoms with Crippen molar-refractivity contribution in [1.82, 2.24) is 5.32 Å². The summed E-state index contributed by atoms with van der Waals surface area (Å²) in [6.45, 7) is 6.86. The molecule has 1 aromatic carbocycles. The molecule has 3 nitrogen and oxygen atoms in total. The van der Waals surface area contributed by atoms with Gasteiger partial charge in [0.1, 0.15) is 5.75 Å². The summed E-state index contributed by atoms with van der Waals surface area (Å²) >= 11 is 0. The van der Waals surface area contributed by atoms with Crippen LogP contribution in [0, 0.1) is 12.8 Å². The van der Waals surface area contributed by atoms with E-state index >= 15 is 0 Å². The minimum absolute atomic E-state index is 0.106. The monoisotopic (exact) mass is 263 g/mol. The van der Waals surface area contributed by atoms with Crippen LogP contribution in [0.2, 0.25) is 0 Å². The minimum atomic E-state index is -0.106. The molecular weight excluding hydrogens is 238 g/mol. The molecule has 0 aliphatic heterocycles. The molecule has 1 unspecified atom stereocenters. The van der Waals surface area contributed by atoms with Crippen molar-refractivity contribution >= 4 is 5.91 Å². The molecule has 106 valence electrons. The quantitative estimate of drug-likeness (QED) is 0.789. The van der Waals surface area contributed by atoms with E-state index in [-0.39, 0.29) is 11.7 Å². The predicted octanol–water partition coefficient (Wildman–Crippen LogP) is 3.65. The highest BCUT2D eigenvalue weighted by atomic mass is 16.3. The summed E-state index contributed by atoms with van der Waals surface area (Å²) in [6, 6.07) is 5.04. The molecule has 0 saturated carbocycles. The molecule has 0 heterocycles. The predicted molar refractivity (Wildman–Crippen MR) is 78.5 cm³/mol. The Balaban J connectivity index is 2.52. The third-order valence-corrected chi connectivity index (χ3v) is 3.57. The topological polar surface area (TPSA) is 49.3 Å². The number of nitrogens with one attached hydrogen (secondary N) is 1. The highest BCUT2D eigenvalue weighted by Crippen LogP contribution is 2.17. The highest BCUT2D eigenvalue weighted by Gasteiger charge is 2.10. The van der Waals surface area contributed by atoms with E-state index in [1.807, 2.05) is 6.92 Å². The van der Waals surface area contributed by atoms with Crippen LogP contribution in [0.1, 0.15) is 55.5 Å². The van der Waals surface area contributed by atoms with Crippen molar-refractivity contribution in [2.45, 2.75) is 46.5 Å². The van der Waals surface area contributed by atoms with Gasteiger partial charge in [-0.15, -0.1) is 0 Å². The summed E-state index contributed by atoms with van der Waals surface area (Å²) in [5.74, 6) is 0.610. The highest BCUT2D eigenvalue weighted by molar-refractivity contribution is 5.94. The SMILES string of the molecule is CCCCC(CC)CNC(=O)c1ccc(C)c(O)c1. The van der Waals surface area contributed by atoms with Crippen molar-refractivity contribution in [2.24, 2.45) is 5.92 Å². The number of unbranched alkanes of at least 4 members (excludes halogenated alkanes) is 1. The van der Waals surface area contributed by atoms with Crippen molar-refractivity contribution in [3.8, 4) is 5.75 Å². The number of aromatic hydroxyl groups is 1. The Kier molecular flexibility index (Phi) is 6.40. The molecule has 0 aliphatic rings.